The van der Waals surface area contributed by atoms with Gasteiger partial charge in [0.1, 0.15) is 11.5 Å². The van der Waals surface area contributed by atoms with E-state index in [1.165, 1.54) is 0 Å². The van der Waals surface area contributed by atoms with E-state index in [2.05, 4.69) is 12.2 Å². The van der Waals surface area contributed by atoms with E-state index < -0.39 is 0 Å². The van der Waals surface area contributed by atoms with Crippen LogP contribution >= 0.6 is 0 Å². The number of nitrogens with one attached hydrogen (secondary N) is 1. The molecule has 0 bridgehead atoms. The highest BCUT2D eigenvalue weighted by Gasteiger charge is 2.04. The Hall–Kier alpha value is -1.78. The zero-order valence-electron chi connectivity index (χ0n) is 12.0. The largest absolute Gasteiger partial charge is 0.497 e. The van der Waals surface area contributed by atoms with E-state index in [4.69, 9.17) is 13.9 Å². The number of benzene rings is 1. The van der Waals surface area contributed by atoms with Crippen molar-refractivity contribution in [1.29, 1.82) is 0 Å². The molecule has 1 aromatic heterocycles. The van der Waals surface area contributed by atoms with Gasteiger partial charge < -0.3 is 19.2 Å². The molecule has 0 aliphatic heterocycles. The average Bonchev–Trinajstić information content (AvgIpc) is 2.98. The molecule has 1 aromatic carbocycles. The summed E-state index contributed by atoms with van der Waals surface area (Å²) in [5.41, 5.74) is 1.11. The van der Waals surface area contributed by atoms with Gasteiger partial charge in [-0.15, -0.1) is 0 Å². The van der Waals surface area contributed by atoms with E-state index in [0.29, 0.717) is 6.61 Å². The average molecular weight is 275 g/mol. The lowest BCUT2D eigenvalue weighted by atomic mass is 10.2. The van der Waals surface area contributed by atoms with Crippen molar-refractivity contribution in [2.75, 3.05) is 13.7 Å². The standard InChI is InChI=1S/C16H21NO3/c1-13(10-17-11-16-7-4-8-19-16)20-12-14-5-3-6-15(9-14)18-2/h3-9,13,17H,10-12H2,1-2H3. The van der Waals surface area contributed by atoms with Gasteiger partial charge in [-0.2, -0.15) is 0 Å². The van der Waals surface area contributed by atoms with Gasteiger partial charge in [-0.05, 0) is 36.8 Å². The topological polar surface area (TPSA) is 43.6 Å². The molecule has 0 radical (unpaired) electrons. The van der Waals surface area contributed by atoms with Gasteiger partial charge in [0.05, 0.1) is 32.6 Å². The summed E-state index contributed by atoms with van der Waals surface area (Å²) in [7, 11) is 1.67. The smallest absolute Gasteiger partial charge is 0.119 e. The first-order valence-corrected chi connectivity index (χ1v) is 6.75. The number of hydrogen-bond donors (Lipinski definition) is 1. The van der Waals surface area contributed by atoms with Crippen LogP contribution in [0.25, 0.3) is 0 Å². The predicted octanol–water partition coefficient (Wildman–Crippen LogP) is 2.98. The molecular weight excluding hydrogens is 254 g/mol. The summed E-state index contributed by atoms with van der Waals surface area (Å²) in [6.45, 7) is 4.14. The molecule has 2 aromatic rings. The first-order chi connectivity index (χ1) is 9.78. The highest BCUT2D eigenvalue weighted by atomic mass is 16.5. The number of methoxy groups -OCH3 is 1. The zero-order valence-corrected chi connectivity index (χ0v) is 12.0. The maximum absolute atomic E-state index is 5.80. The Morgan fingerprint density at radius 3 is 2.90 bits per heavy atom. The van der Waals surface area contributed by atoms with E-state index in [0.717, 1.165) is 30.2 Å². The number of rotatable bonds is 8. The van der Waals surface area contributed by atoms with E-state index in [1.54, 1.807) is 13.4 Å². The van der Waals surface area contributed by atoms with Gasteiger partial charge >= 0.3 is 0 Å². The van der Waals surface area contributed by atoms with Crippen molar-refractivity contribution < 1.29 is 13.9 Å². The molecule has 4 heteroatoms. The van der Waals surface area contributed by atoms with Crippen molar-refractivity contribution in [2.24, 2.45) is 0 Å². The molecule has 0 saturated heterocycles. The molecule has 0 aliphatic carbocycles. The molecule has 1 atom stereocenters. The number of ether oxygens (including phenoxy) is 2. The third kappa shape index (κ3) is 4.72. The second-order valence-corrected chi connectivity index (χ2v) is 4.68. The fourth-order valence-electron chi connectivity index (χ4n) is 1.87. The normalized spacial score (nSPS) is 12.3. The molecule has 1 N–H and O–H groups in total. The lowest BCUT2D eigenvalue weighted by molar-refractivity contribution is 0.0526. The predicted molar refractivity (Wildman–Crippen MR) is 77.7 cm³/mol. The molecule has 0 aliphatic rings. The summed E-state index contributed by atoms with van der Waals surface area (Å²) in [5.74, 6) is 1.79. The summed E-state index contributed by atoms with van der Waals surface area (Å²) < 4.78 is 16.2. The zero-order chi connectivity index (χ0) is 14.2. The molecule has 108 valence electrons. The first kappa shape index (κ1) is 14.6. The van der Waals surface area contributed by atoms with Crippen LogP contribution in [-0.2, 0) is 17.9 Å². The Kier molecular flexibility index (Phi) is 5.65. The van der Waals surface area contributed by atoms with Crippen molar-refractivity contribution in [2.45, 2.75) is 26.2 Å². The highest BCUT2D eigenvalue weighted by Crippen LogP contribution is 2.13. The van der Waals surface area contributed by atoms with Gasteiger partial charge in [-0.3, -0.25) is 0 Å². The van der Waals surface area contributed by atoms with Crippen molar-refractivity contribution in [3.05, 3.63) is 54.0 Å². The summed E-state index contributed by atoms with van der Waals surface area (Å²) in [6.07, 6.45) is 1.82. The van der Waals surface area contributed by atoms with Crippen LogP contribution in [0.3, 0.4) is 0 Å². The molecule has 0 saturated carbocycles. The molecule has 2 rings (SSSR count). The fraction of sp³-hybridized carbons (Fsp3) is 0.375. The van der Waals surface area contributed by atoms with Crippen molar-refractivity contribution in [1.82, 2.24) is 5.32 Å². The fourth-order valence-corrected chi connectivity index (χ4v) is 1.87. The lowest BCUT2D eigenvalue weighted by Gasteiger charge is -2.14. The van der Waals surface area contributed by atoms with Gasteiger partial charge in [-0.1, -0.05) is 12.1 Å². The van der Waals surface area contributed by atoms with Crippen molar-refractivity contribution in [3.63, 3.8) is 0 Å². The molecule has 1 heterocycles. The lowest BCUT2D eigenvalue weighted by Crippen LogP contribution is -2.26. The van der Waals surface area contributed by atoms with Gasteiger partial charge in [0.2, 0.25) is 0 Å². The summed E-state index contributed by atoms with van der Waals surface area (Å²) in [5, 5.41) is 3.30. The van der Waals surface area contributed by atoms with Crippen molar-refractivity contribution in [3.8, 4) is 5.75 Å². The minimum Gasteiger partial charge on any atom is -0.497 e. The molecule has 0 amide bonds. The third-order valence-electron chi connectivity index (χ3n) is 2.98. The molecule has 0 fully saturated rings. The third-order valence-corrected chi connectivity index (χ3v) is 2.98. The Labute approximate surface area is 119 Å². The van der Waals surface area contributed by atoms with E-state index in [-0.39, 0.29) is 6.10 Å². The minimum absolute atomic E-state index is 0.135. The van der Waals surface area contributed by atoms with E-state index in [9.17, 15) is 0 Å². The number of furan rings is 1. The summed E-state index contributed by atoms with van der Waals surface area (Å²) in [4.78, 5) is 0. The molecular formula is C16H21NO3. The molecule has 4 nitrogen and oxygen atoms in total. The quantitative estimate of drug-likeness (QED) is 0.804. The summed E-state index contributed by atoms with van der Waals surface area (Å²) in [6, 6.07) is 11.8. The Bertz CT molecular complexity index is 496. The van der Waals surface area contributed by atoms with Crippen LogP contribution in [0.4, 0.5) is 0 Å². The maximum Gasteiger partial charge on any atom is 0.119 e. The minimum atomic E-state index is 0.135. The van der Waals surface area contributed by atoms with Gasteiger partial charge in [0.15, 0.2) is 0 Å². The van der Waals surface area contributed by atoms with Crippen LogP contribution in [0.1, 0.15) is 18.2 Å². The van der Waals surface area contributed by atoms with Gasteiger partial charge in [0.25, 0.3) is 0 Å². The monoisotopic (exact) mass is 275 g/mol. The molecule has 20 heavy (non-hydrogen) atoms. The van der Waals surface area contributed by atoms with E-state index >= 15 is 0 Å². The SMILES string of the molecule is COc1cccc(COC(C)CNCc2ccco2)c1. The van der Waals surface area contributed by atoms with Gasteiger partial charge in [-0.25, -0.2) is 0 Å². The van der Waals surface area contributed by atoms with Crippen LogP contribution in [0.2, 0.25) is 0 Å². The summed E-state index contributed by atoms with van der Waals surface area (Å²) >= 11 is 0. The molecule has 1 unspecified atom stereocenters. The van der Waals surface area contributed by atoms with Crippen LogP contribution in [-0.4, -0.2) is 19.8 Å². The van der Waals surface area contributed by atoms with Crippen LogP contribution in [0, 0.1) is 0 Å². The Morgan fingerprint density at radius 1 is 1.25 bits per heavy atom. The first-order valence-electron chi connectivity index (χ1n) is 6.75. The second-order valence-electron chi connectivity index (χ2n) is 4.68. The van der Waals surface area contributed by atoms with Crippen molar-refractivity contribution >= 4 is 0 Å². The van der Waals surface area contributed by atoms with Crippen LogP contribution in [0.5, 0.6) is 5.75 Å². The Balaban J connectivity index is 1.67. The van der Waals surface area contributed by atoms with Crippen LogP contribution < -0.4 is 10.1 Å². The van der Waals surface area contributed by atoms with E-state index in [1.807, 2.05) is 36.4 Å². The number of hydrogen-bond acceptors (Lipinski definition) is 4. The second kappa shape index (κ2) is 7.72. The van der Waals surface area contributed by atoms with Crippen LogP contribution in [0.15, 0.2) is 47.1 Å². The maximum atomic E-state index is 5.80. The van der Waals surface area contributed by atoms with Gasteiger partial charge in [0, 0.05) is 6.54 Å². The molecule has 0 spiro atoms. The Morgan fingerprint density at radius 2 is 2.15 bits per heavy atom. The highest BCUT2D eigenvalue weighted by molar-refractivity contribution is 5.27.